The summed E-state index contributed by atoms with van der Waals surface area (Å²) in [5.74, 6) is -0.0173. The van der Waals surface area contributed by atoms with Crippen LogP contribution in [0.15, 0.2) is 97.2 Å². The van der Waals surface area contributed by atoms with Gasteiger partial charge < -0.3 is 0 Å². The number of aromatic nitrogens is 2. The van der Waals surface area contributed by atoms with Gasteiger partial charge in [-0.3, -0.25) is 14.7 Å². The number of fused-ring (bicyclic) bond motifs is 1. The summed E-state index contributed by atoms with van der Waals surface area (Å²) >= 11 is 1.57. The van der Waals surface area contributed by atoms with Crippen LogP contribution >= 0.6 is 11.3 Å². The molecule has 0 bridgehead atoms. The first-order valence-corrected chi connectivity index (χ1v) is 12.6. The number of carbonyl (C=O) groups excluding carboxylic acids is 1. The zero-order valence-electron chi connectivity index (χ0n) is 19.9. The van der Waals surface area contributed by atoms with E-state index in [9.17, 15) is 4.79 Å². The standard InChI is InChI=1S/C30H27N3OS/c1-21-17-22(2)29-27(18-21)32-30(35-29)33(20-25-15-9-10-16-31-25)28(34)19-26(23-11-5-3-6-12-23)24-13-7-4-8-14-24/h3-18,26H,19-20H2,1-2H3. The van der Waals surface area contributed by atoms with Gasteiger partial charge in [0.25, 0.3) is 0 Å². The molecule has 2 aromatic heterocycles. The Morgan fingerprint density at radius 1 is 0.886 bits per heavy atom. The van der Waals surface area contributed by atoms with Crippen LogP contribution in [0.2, 0.25) is 0 Å². The topological polar surface area (TPSA) is 46.1 Å². The van der Waals surface area contributed by atoms with Crippen molar-refractivity contribution in [1.82, 2.24) is 9.97 Å². The van der Waals surface area contributed by atoms with Crippen LogP contribution in [0.4, 0.5) is 5.13 Å². The number of aryl methyl sites for hydroxylation is 2. The predicted octanol–water partition coefficient (Wildman–Crippen LogP) is 7.06. The van der Waals surface area contributed by atoms with Crippen molar-refractivity contribution in [3.8, 4) is 0 Å². The van der Waals surface area contributed by atoms with Gasteiger partial charge in [-0.1, -0.05) is 84.1 Å². The Bertz CT molecular complexity index is 1390. The highest BCUT2D eigenvalue weighted by atomic mass is 32.1. The number of amides is 1. The summed E-state index contributed by atoms with van der Waals surface area (Å²) in [6, 6.07) is 30.5. The maximum atomic E-state index is 14.0. The van der Waals surface area contributed by atoms with E-state index in [2.05, 4.69) is 55.2 Å². The molecule has 0 spiro atoms. The fourth-order valence-electron chi connectivity index (χ4n) is 4.48. The minimum Gasteiger partial charge on any atom is -0.282 e. The first-order valence-electron chi connectivity index (χ1n) is 11.8. The summed E-state index contributed by atoms with van der Waals surface area (Å²) in [4.78, 5) is 25.2. The highest BCUT2D eigenvalue weighted by Gasteiger charge is 2.26. The molecule has 1 amide bonds. The van der Waals surface area contributed by atoms with Gasteiger partial charge in [-0.05, 0) is 54.3 Å². The second-order valence-corrected chi connectivity index (χ2v) is 9.78. The quantitative estimate of drug-likeness (QED) is 0.252. The van der Waals surface area contributed by atoms with Crippen molar-refractivity contribution < 1.29 is 4.79 Å². The average molecular weight is 478 g/mol. The second kappa shape index (κ2) is 10.2. The number of rotatable bonds is 7. The lowest BCUT2D eigenvalue weighted by Gasteiger charge is -2.24. The van der Waals surface area contributed by atoms with Crippen LogP contribution in [-0.2, 0) is 11.3 Å². The molecule has 5 rings (SSSR count). The van der Waals surface area contributed by atoms with Crippen LogP contribution in [0.5, 0.6) is 0 Å². The van der Waals surface area contributed by atoms with E-state index in [0.717, 1.165) is 27.0 Å². The highest BCUT2D eigenvalue weighted by Crippen LogP contribution is 2.35. The number of anilines is 1. The van der Waals surface area contributed by atoms with E-state index in [4.69, 9.17) is 4.98 Å². The summed E-state index contributed by atoms with van der Waals surface area (Å²) in [5, 5.41) is 0.712. The number of benzene rings is 3. The van der Waals surface area contributed by atoms with Gasteiger partial charge in [0.05, 0.1) is 22.5 Å². The normalized spacial score (nSPS) is 11.2. The van der Waals surface area contributed by atoms with Crippen molar-refractivity contribution >= 4 is 32.6 Å². The lowest BCUT2D eigenvalue weighted by molar-refractivity contribution is -0.119. The third-order valence-corrected chi connectivity index (χ3v) is 7.40. The summed E-state index contributed by atoms with van der Waals surface area (Å²) in [5.41, 5.74) is 6.37. The maximum Gasteiger partial charge on any atom is 0.230 e. The molecule has 0 N–H and O–H groups in total. The first-order chi connectivity index (χ1) is 17.1. The maximum absolute atomic E-state index is 14.0. The fraction of sp³-hybridized carbons (Fsp3) is 0.167. The Balaban J connectivity index is 1.54. The second-order valence-electron chi connectivity index (χ2n) is 8.81. The van der Waals surface area contributed by atoms with Gasteiger partial charge in [-0.25, -0.2) is 4.98 Å². The van der Waals surface area contributed by atoms with Crippen LogP contribution in [0, 0.1) is 13.8 Å². The molecule has 3 aromatic carbocycles. The Morgan fingerprint density at radius 2 is 1.54 bits per heavy atom. The molecule has 2 heterocycles. The van der Waals surface area contributed by atoms with Gasteiger partial charge in [0, 0.05) is 18.5 Å². The van der Waals surface area contributed by atoms with Crippen molar-refractivity contribution in [2.45, 2.75) is 32.7 Å². The molecule has 0 saturated heterocycles. The zero-order chi connectivity index (χ0) is 24.2. The van der Waals surface area contributed by atoms with Crippen molar-refractivity contribution in [3.63, 3.8) is 0 Å². The van der Waals surface area contributed by atoms with Gasteiger partial charge in [0.2, 0.25) is 5.91 Å². The number of thiazole rings is 1. The Labute approximate surface area is 209 Å². The summed E-state index contributed by atoms with van der Waals surface area (Å²) < 4.78 is 1.12. The van der Waals surface area contributed by atoms with E-state index < -0.39 is 0 Å². The highest BCUT2D eigenvalue weighted by molar-refractivity contribution is 7.22. The first kappa shape index (κ1) is 22.9. The molecule has 0 atom stereocenters. The minimum absolute atomic E-state index is 0.0294. The van der Waals surface area contributed by atoms with Crippen LogP contribution < -0.4 is 4.90 Å². The largest absolute Gasteiger partial charge is 0.282 e. The van der Waals surface area contributed by atoms with Crippen molar-refractivity contribution in [1.29, 1.82) is 0 Å². The van der Waals surface area contributed by atoms with Crippen molar-refractivity contribution in [3.05, 3.63) is 125 Å². The van der Waals surface area contributed by atoms with Crippen molar-refractivity contribution in [2.24, 2.45) is 0 Å². The summed E-state index contributed by atoms with van der Waals surface area (Å²) in [6.45, 7) is 4.56. The Hall–Kier alpha value is -3.83. The average Bonchev–Trinajstić information content (AvgIpc) is 3.31. The smallest absolute Gasteiger partial charge is 0.230 e. The van der Waals surface area contributed by atoms with Gasteiger partial charge >= 0.3 is 0 Å². The van der Waals surface area contributed by atoms with E-state index in [1.165, 1.54) is 11.1 Å². The van der Waals surface area contributed by atoms with Gasteiger partial charge in [-0.2, -0.15) is 0 Å². The number of hydrogen-bond donors (Lipinski definition) is 0. The van der Waals surface area contributed by atoms with Crippen LogP contribution in [0.25, 0.3) is 10.2 Å². The van der Waals surface area contributed by atoms with E-state index in [0.29, 0.717) is 18.1 Å². The van der Waals surface area contributed by atoms with Gasteiger partial charge in [-0.15, -0.1) is 0 Å². The number of pyridine rings is 1. The Kier molecular flexibility index (Phi) is 6.68. The third kappa shape index (κ3) is 5.15. The molecule has 5 heteroatoms. The predicted molar refractivity (Wildman–Crippen MR) is 144 cm³/mol. The van der Waals surface area contributed by atoms with Gasteiger partial charge in [0.15, 0.2) is 5.13 Å². The van der Waals surface area contributed by atoms with Crippen LogP contribution in [0.3, 0.4) is 0 Å². The SMILES string of the molecule is Cc1cc(C)c2sc(N(Cc3ccccn3)C(=O)CC(c3ccccc3)c3ccccc3)nc2c1. The molecular formula is C30H27N3OS. The van der Waals surface area contributed by atoms with E-state index in [1.807, 2.05) is 54.6 Å². The van der Waals surface area contributed by atoms with Crippen molar-refractivity contribution in [2.75, 3.05) is 4.90 Å². The molecule has 0 radical (unpaired) electrons. The molecule has 0 fully saturated rings. The monoisotopic (exact) mass is 477 g/mol. The molecular weight excluding hydrogens is 450 g/mol. The summed E-state index contributed by atoms with van der Waals surface area (Å²) in [6.07, 6.45) is 2.11. The van der Waals surface area contributed by atoms with Crippen LogP contribution in [-0.4, -0.2) is 15.9 Å². The van der Waals surface area contributed by atoms with E-state index in [1.54, 1.807) is 22.4 Å². The fourth-order valence-corrected chi connectivity index (χ4v) is 5.51. The van der Waals surface area contributed by atoms with Crippen LogP contribution in [0.1, 0.15) is 40.3 Å². The van der Waals surface area contributed by atoms with E-state index in [-0.39, 0.29) is 11.8 Å². The number of carbonyl (C=O) groups is 1. The molecule has 0 saturated carbocycles. The molecule has 0 aliphatic carbocycles. The zero-order valence-corrected chi connectivity index (χ0v) is 20.7. The lowest BCUT2D eigenvalue weighted by atomic mass is 9.88. The summed E-state index contributed by atoms with van der Waals surface area (Å²) in [7, 11) is 0. The molecule has 0 unspecified atom stereocenters. The minimum atomic E-state index is -0.0468. The molecule has 0 aliphatic heterocycles. The molecule has 4 nitrogen and oxygen atoms in total. The Morgan fingerprint density at radius 3 is 2.17 bits per heavy atom. The third-order valence-electron chi connectivity index (χ3n) is 6.17. The molecule has 5 aromatic rings. The molecule has 0 aliphatic rings. The lowest BCUT2D eigenvalue weighted by Crippen LogP contribution is -2.32. The van der Waals surface area contributed by atoms with Gasteiger partial charge in [0.1, 0.15) is 0 Å². The number of hydrogen-bond acceptors (Lipinski definition) is 4. The number of nitrogens with zero attached hydrogens (tertiary/aromatic N) is 3. The molecule has 174 valence electrons. The molecule has 35 heavy (non-hydrogen) atoms. The van der Waals surface area contributed by atoms with E-state index >= 15 is 0 Å².